The third-order valence-corrected chi connectivity index (χ3v) is 7.45. The third kappa shape index (κ3) is 2.02. The summed E-state index contributed by atoms with van der Waals surface area (Å²) < 4.78 is 25.0. The zero-order valence-electron chi connectivity index (χ0n) is 10.3. The Morgan fingerprint density at radius 1 is 1.06 bits per heavy atom. The fraction of sp³-hybridized carbons (Fsp3) is 1.00. The monoisotopic (exact) mass is 245 g/mol. The molecule has 0 spiro atoms. The Morgan fingerprint density at radius 3 is 2.19 bits per heavy atom. The number of nitrogens with one attached hydrogen (secondary N) is 1. The Balaban J connectivity index is 2.12. The molecule has 3 atom stereocenters. The van der Waals surface area contributed by atoms with E-state index in [1.807, 2.05) is 7.05 Å². The summed E-state index contributed by atoms with van der Waals surface area (Å²) in [5, 5.41) is 3.12. The summed E-state index contributed by atoms with van der Waals surface area (Å²) in [5.74, 6) is 0.274. The molecule has 0 bridgehead atoms. The van der Waals surface area contributed by atoms with E-state index in [1.54, 1.807) is 0 Å². The first-order valence-electron chi connectivity index (χ1n) is 6.47. The smallest absolute Gasteiger partial charge is 0.156 e. The van der Waals surface area contributed by atoms with Crippen molar-refractivity contribution >= 4 is 9.84 Å². The molecule has 94 valence electrons. The van der Waals surface area contributed by atoms with Crippen molar-refractivity contribution in [2.45, 2.75) is 62.0 Å². The van der Waals surface area contributed by atoms with E-state index in [9.17, 15) is 8.42 Å². The summed E-state index contributed by atoms with van der Waals surface area (Å²) in [7, 11) is -0.934. The summed E-state index contributed by atoms with van der Waals surface area (Å²) in [6.07, 6.45) is 5.85. The summed E-state index contributed by atoms with van der Waals surface area (Å²) >= 11 is 0. The normalized spacial score (nSPS) is 37.0. The second kappa shape index (κ2) is 4.65. The van der Waals surface area contributed by atoms with Crippen LogP contribution in [0.2, 0.25) is 0 Å². The molecule has 2 aliphatic rings. The van der Waals surface area contributed by atoms with Crippen LogP contribution in [0.15, 0.2) is 0 Å². The lowest BCUT2D eigenvalue weighted by molar-refractivity contribution is 0.450. The molecule has 3 unspecified atom stereocenters. The van der Waals surface area contributed by atoms with Crippen molar-refractivity contribution < 1.29 is 8.42 Å². The van der Waals surface area contributed by atoms with Crippen molar-refractivity contribution in [2.24, 2.45) is 5.92 Å². The molecule has 3 nitrogen and oxygen atoms in total. The summed E-state index contributed by atoms with van der Waals surface area (Å²) in [6, 6.07) is 0.390. The van der Waals surface area contributed by atoms with Crippen molar-refractivity contribution in [3.8, 4) is 0 Å². The molecule has 2 saturated carbocycles. The maximum absolute atomic E-state index is 12.5. The maximum atomic E-state index is 12.5. The molecule has 0 amide bonds. The minimum atomic E-state index is -2.87. The molecule has 0 heterocycles. The van der Waals surface area contributed by atoms with Gasteiger partial charge in [-0.3, -0.25) is 0 Å². The first-order chi connectivity index (χ1) is 7.57. The van der Waals surface area contributed by atoms with Crippen LogP contribution in [0.4, 0.5) is 0 Å². The van der Waals surface area contributed by atoms with Gasteiger partial charge in [-0.15, -0.1) is 0 Å². The molecule has 1 N–H and O–H groups in total. The molecular weight excluding hydrogens is 222 g/mol. The first kappa shape index (κ1) is 12.4. The molecule has 2 aliphatic carbocycles. The highest BCUT2D eigenvalue weighted by molar-refractivity contribution is 7.92. The Hall–Kier alpha value is -0.0900. The highest BCUT2D eigenvalue weighted by atomic mass is 32.2. The van der Waals surface area contributed by atoms with E-state index >= 15 is 0 Å². The number of sulfone groups is 1. The molecule has 4 heteroatoms. The van der Waals surface area contributed by atoms with Crippen molar-refractivity contribution in [3.63, 3.8) is 0 Å². The number of rotatable bonds is 3. The van der Waals surface area contributed by atoms with E-state index in [2.05, 4.69) is 12.2 Å². The van der Waals surface area contributed by atoms with Crippen molar-refractivity contribution in [1.29, 1.82) is 0 Å². The van der Waals surface area contributed by atoms with Crippen LogP contribution in [-0.2, 0) is 9.84 Å². The van der Waals surface area contributed by atoms with Crippen LogP contribution in [0.1, 0.15) is 45.4 Å². The van der Waals surface area contributed by atoms with E-state index in [0.717, 1.165) is 38.5 Å². The quantitative estimate of drug-likeness (QED) is 0.823. The second-order valence-corrected chi connectivity index (χ2v) is 7.82. The van der Waals surface area contributed by atoms with Crippen molar-refractivity contribution in [2.75, 3.05) is 7.05 Å². The molecule has 0 aliphatic heterocycles. The zero-order valence-corrected chi connectivity index (χ0v) is 11.1. The highest BCUT2D eigenvalue weighted by Gasteiger charge is 2.44. The van der Waals surface area contributed by atoms with Gasteiger partial charge in [-0.25, -0.2) is 8.42 Å². The molecule has 0 aromatic heterocycles. The van der Waals surface area contributed by atoms with Gasteiger partial charge in [-0.05, 0) is 38.6 Å². The van der Waals surface area contributed by atoms with E-state index in [-0.39, 0.29) is 16.4 Å². The average Bonchev–Trinajstić information content (AvgIpc) is 2.85. The average molecular weight is 245 g/mol. The predicted octanol–water partition coefficient (Wildman–Crippen LogP) is 1.73. The standard InChI is InChI=1S/C12H23NO2S/c1-9-11(13-2)7-8-12(9)16(14,15)10-5-3-4-6-10/h9-13H,3-8H2,1-2H3. The van der Waals surface area contributed by atoms with Crippen molar-refractivity contribution in [1.82, 2.24) is 5.32 Å². The lowest BCUT2D eigenvalue weighted by Gasteiger charge is -2.23. The van der Waals surface area contributed by atoms with Crippen LogP contribution in [0, 0.1) is 5.92 Å². The molecule has 0 radical (unpaired) electrons. The fourth-order valence-electron chi connectivity index (χ4n) is 3.46. The van der Waals surface area contributed by atoms with Crippen LogP contribution in [-0.4, -0.2) is 32.0 Å². The molecular formula is C12H23NO2S. The van der Waals surface area contributed by atoms with E-state index < -0.39 is 9.84 Å². The molecule has 0 aromatic carbocycles. The van der Waals surface area contributed by atoms with E-state index in [4.69, 9.17) is 0 Å². The lowest BCUT2D eigenvalue weighted by atomic mass is 10.1. The van der Waals surface area contributed by atoms with Gasteiger partial charge in [0.15, 0.2) is 9.84 Å². The highest BCUT2D eigenvalue weighted by Crippen LogP contribution is 2.37. The molecule has 0 aromatic rings. The van der Waals surface area contributed by atoms with Crippen LogP contribution in [0.5, 0.6) is 0 Å². The third-order valence-electron chi connectivity index (χ3n) is 4.54. The Bertz CT molecular complexity index is 333. The van der Waals surface area contributed by atoms with E-state index in [1.165, 1.54) is 0 Å². The van der Waals surface area contributed by atoms with Crippen LogP contribution in [0.25, 0.3) is 0 Å². The second-order valence-electron chi connectivity index (χ2n) is 5.37. The predicted molar refractivity (Wildman–Crippen MR) is 66.2 cm³/mol. The largest absolute Gasteiger partial charge is 0.317 e. The minimum Gasteiger partial charge on any atom is -0.317 e. The number of hydrogen-bond acceptors (Lipinski definition) is 3. The van der Waals surface area contributed by atoms with Crippen molar-refractivity contribution in [3.05, 3.63) is 0 Å². The van der Waals surface area contributed by atoms with Gasteiger partial charge in [0, 0.05) is 6.04 Å². The fourth-order valence-corrected chi connectivity index (χ4v) is 6.20. The van der Waals surface area contributed by atoms with Gasteiger partial charge in [0.05, 0.1) is 10.5 Å². The van der Waals surface area contributed by atoms with Gasteiger partial charge in [-0.1, -0.05) is 19.8 Å². The first-order valence-corrected chi connectivity index (χ1v) is 8.08. The van der Waals surface area contributed by atoms with Gasteiger partial charge in [0.1, 0.15) is 0 Å². The summed E-state index contributed by atoms with van der Waals surface area (Å²) in [4.78, 5) is 0. The summed E-state index contributed by atoms with van der Waals surface area (Å²) in [6.45, 7) is 2.09. The Kier molecular flexibility index (Phi) is 3.59. The van der Waals surface area contributed by atoms with E-state index in [0.29, 0.717) is 6.04 Å². The van der Waals surface area contributed by atoms with Crippen LogP contribution < -0.4 is 5.32 Å². The van der Waals surface area contributed by atoms with Gasteiger partial charge in [0.25, 0.3) is 0 Å². The topological polar surface area (TPSA) is 46.2 Å². The maximum Gasteiger partial charge on any atom is 0.156 e. The molecule has 2 rings (SSSR count). The molecule has 0 saturated heterocycles. The minimum absolute atomic E-state index is 0.0319. The van der Waals surface area contributed by atoms with Gasteiger partial charge >= 0.3 is 0 Å². The SMILES string of the molecule is CNC1CCC(S(=O)(=O)C2CCCC2)C1C. The molecule has 16 heavy (non-hydrogen) atoms. The number of hydrogen-bond donors (Lipinski definition) is 1. The Labute approximate surface area is 98.9 Å². The van der Waals surface area contributed by atoms with Gasteiger partial charge in [-0.2, -0.15) is 0 Å². The Morgan fingerprint density at radius 2 is 1.69 bits per heavy atom. The van der Waals surface area contributed by atoms with Gasteiger partial charge < -0.3 is 5.32 Å². The van der Waals surface area contributed by atoms with Crippen LogP contribution >= 0.6 is 0 Å². The summed E-state index contributed by atoms with van der Waals surface area (Å²) in [5.41, 5.74) is 0. The van der Waals surface area contributed by atoms with Gasteiger partial charge in [0.2, 0.25) is 0 Å². The lowest BCUT2D eigenvalue weighted by Crippen LogP contribution is -2.37. The zero-order chi connectivity index (χ0) is 11.8. The molecule has 2 fully saturated rings. The van der Waals surface area contributed by atoms with Crippen LogP contribution in [0.3, 0.4) is 0 Å².